The highest BCUT2D eigenvalue weighted by atomic mass is 16.5. The molecule has 0 radical (unpaired) electrons. The van der Waals surface area contributed by atoms with Gasteiger partial charge in [0.25, 0.3) is 0 Å². The number of anilines is 2. The molecule has 0 saturated heterocycles. The van der Waals surface area contributed by atoms with Gasteiger partial charge in [-0.05, 0) is 40.4 Å². The minimum absolute atomic E-state index is 0.693. The number of aryl methyl sites for hydroxylation is 1. The molecule has 20 heavy (non-hydrogen) atoms. The van der Waals surface area contributed by atoms with Crippen LogP contribution in [-0.2, 0) is 4.74 Å². The standard InChI is InChI=1S/C14H27N5O/c1-12-11-13(15-8-6-10-20-4)18-14(17-12)16-7-5-9-19(2)3/h11H,5-10H2,1-4H3,(H2,15,16,17,18). The monoisotopic (exact) mass is 281 g/mol. The van der Waals surface area contributed by atoms with Crippen molar-refractivity contribution < 1.29 is 4.74 Å². The van der Waals surface area contributed by atoms with Crippen LogP contribution in [0.3, 0.4) is 0 Å². The Bertz CT molecular complexity index is 384. The van der Waals surface area contributed by atoms with Crippen LogP contribution in [-0.4, -0.2) is 62.3 Å². The Morgan fingerprint density at radius 3 is 2.60 bits per heavy atom. The van der Waals surface area contributed by atoms with Gasteiger partial charge in [-0.25, -0.2) is 4.98 Å². The minimum Gasteiger partial charge on any atom is -0.385 e. The lowest BCUT2D eigenvalue weighted by atomic mass is 10.4. The number of rotatable bonds is 10. The molecule has 6 nitrogen and oxygen atoms in total. The summed E-state index contributed by atoms with van der Waals surface area (Å²) in [7, 11) is 5.86. The summed E-state index contributed by atoms with van der Waals surface area (Å²) in [6.45, 7) is 5.52. The van der Waals surface area contributed by atoms with E-state index in [1.165, 1.54) is 0 Å². The van der Waals surface area contributed by atoms with Crippen LogP contribution in [0.5, 0.6) is 0 Å². The first kappa shape index (κ1) is 16.7. The zero-order valence-electron chi connectivity index (χ0n) is 13.1. The molecule has 1 rings (SSSR count). The van der Waals surface area contributed by atoms with Gasteiger partial charge in [-0.15, -0.1) is 0 Å². The van der Waals surface area contributed by atoms with Crippen molar-refractivity contribution in [2.45, 2.75) is 19.8 Å². The SMILES string of the molecule is COCCCNc1cc(C)nc(NCCCN(C)C)n1. The highest BCUT2D eigenvalue weighted by Crippen LogP contribution is 2.09. The van der Waals surface area contributed by atoms with Gasteiger partial charge >= 0.3 is 0 Å². The molecule has 1 aromatic rings. The van der Waals surface area contributed by atoms with Gasteiger partial charge in [-0.1, -0.05) is 0 Å². The summed E-state index contributed by atoms with van der Waals surface area (Å²) < 4.78 is 5.02. The molecule has 0 unspecified atom stereocenters. The lowest BCUT2D eigenvalue weighted by Crippen LogP contribution is -2.17. The summed E-state index contributed by atoms with van der Waals surface area (Å²) >= 11 is 0. The Labute approximate surface area is 121 Å². The molecule has 0 atom stereocenters. The number of nitrogens with one attached hydrogen (secondary N) is 2. The maximum atomic E-state index is 5.02. The maximum Gasteiger partial charge on any atom is 0.224 e. The van der Waals surface area contributed by atoms with Gasteiger partial charge < -0.3 is 20.3 Å². The maximum absolute atomic E-state index is 5.02. The molecule has 6 heteroatoms. The fraction of sp³-hybridized carbons (Fsp3) is 0.714. The average Bonchev–Trinajstić information content (AvgIpc) is 2.39. The number of hydrogen-bond donors (Lipinski definition) is 2. The van der Waals surface area contributed by atoms with E-state index in [0.29, 0.717) is 5.95 Å². The summed E-state index contributed by atoms with van der Waals surface area (Å²) in [5, 5.41) is 6.56. The lowest BCUT2D eigenvalue weighted by Gasteiger charge is -2.11. The molecule has 0 saturated carbocycles. The van der Waals surface area contributed by atoms with Crippen molar-refractivity contribution in [3.63, 3.8) is 0 Å². The number of ether oxygens (including phenoxy) is 1. The van der Waals surface area contributed by atoms with Crippen molar-refractivity contribution in [2.24, 2.45) is 0 Å². The van der Waals surface area contributed by atoms with Crippen molar-refractivity contribution >= 4 is 11.8 Å². The molecule has 2 N–H and O–H groups in total. The summed E-state index contributed by atoms with van der Waals surface area (Å²) in [6.07, 6.45) is 2.03. The molecule has 0 aliphatic carbocycles. The van der Waals surface area contributed by atoms with Crippen molar-refractivity contribution in [3.05, 3.63) is 11.8 Å². The van der Waals surface area contributed by atoms with E-state index in [-0.39, 0.29) is 0 Å². The quantitative estimate of drug-likeness (QED) is 0.635. The summed E-state index contributed by atoms with van der Waals surface area (Å²) in [6, 6.07) is 1.96. The van der Waals surface area contributed by atoms with E-state index in [4.69, 9.17) is 4.74 Å². The topological polar surface area (TPSA) is 62.3 Å². The van der Waals surface area contributed by atoms with Gasteiger partial charge in [0, 0.05) is 38.6 Å². The zero-order valence-corrected chi connectivity index (χ0v) is 13.1. The number of nitrogens with zero attached hydrogens (tertiary/aromatic N) is 3. The van der Waals surface area contributed by atoms with E-state index < -0.39 is 0 Å². The Kier molecular flexibility index (Phi) is 7.91. The van der Waals surface area contributed by atoms with Crippen molar-refractivity contribution in [2.75, 3.05) is 58.1 Å². The van der Waals surface area contributed by atoms with Crippen molar-refractivity contribution in [3.8, 4) is 0 Å². The molecule has 0 bridgehead atoms. The largest absolute Gasteiger partial charge is 0.385 e. The Morgan fingerprint density at radius 1 is 1.15 bits per heavy atom. The second-order valence-corrected chi connectivity index (χ2v) is 5.07. The predicted octanol–water partition coefficient (Wildman–Crippen LogP) is 1.60. The van der Waals surface area contributed by atoms with E-state index in [0.717, 1.165) is 50.6 Å². The molecule has 1 heterocycles. The highest BCUT2D eigenvalue weighted by molar-refractivity contribution is 5.42. The molecule has 1 aromatic heterocycles. The third kappa shape index (κ3) is 7.25. The molecule has 0 fully saturated rings. The predicted molar refractivity (Wildman–Crippen MR) is 83.4 cm³/mol. The Balaban J connectivity index is 2.40. The van der Waals surface area contributed by atoms with Crippen LogP contribution in [0.2, 0.25) is 0 Å². The Hall–Kier alpha value is -1.40. The first-order chi connectivity index (χ1) is 9.61. The molecule has 0 aliphatic rings. The van der Waals surface area contributed by atoms with Gasteiger partial charge in [0.05, 0.1) is 0 Å². The van der Waals surface area contributed by atoms with Crippen molar-refractivity contribution in [1.29, 1.82) is 0 Å². The molecule has 0 amide bonds. The fourth-order valence-corrected chi connectivity index (χ4v) is 1.77. The molecule has 0 aliphatic heterocycles. The van der Waals surface area contributed by atoms with Gasteiger partial charge in [0.2, 0.25) is 5.95 Å². The van der Waals surface area contributed by atoms with Crippen LogP contribution in [0, 0.1) is 6.92 Å². The van der Waals surface area contributed by atoms with E-state index in [1.54, 1.807) is 7.11 Å². The van der Waals surface area contributed by atoms with Crippen LogP contribution in [0.25, 0.3) is 0 Å². The second kappa shape index (κ2) is 9.50. The van der Waals surface area contributed by atoms with E-state index in [1.807, 2.05) is 13.0 Å². The number of hydrogen-bond acceptors (Lipinski definition) is 6. The first-order valence-corrected chi connectivity index (χ1v) is 7.09. The van der Waals surface area contributed by atoms with E-state index in [2.05, 4.69) is 39.6 Å². The molecular weight excluding hydrogens is 254 g/mol. The van der Waals surface area contributed by atoms with Gasteiger partial charge in [-0.2, -0.15) is 4.98 Å². The first-order valence-electron chi connectivity index (χ1n) is 7.09. The smallest absolute Gasteiger partial charge is 0.224 e. The van der Waals surface area contributed by atoms with Gasteiger partial charge in [0.1, 0.15) is 5.82 Å². The molecule has 114 valence electrons. The molecular formula is C14H27N5O. The molecule has 0 spiro atoms. The average molecular weight is 281 g/mol. The third-order valence-electron chi connectivity index (χ3n) is 2.75. The molecule has 0 aromatic carbocycles. The zero-order chi connectivity index (χ0) is 14.8. The van der Waals surface area contributed by atoms with E-state index in [9.17, 15) is 0 Å². The van der Waals surface area contributed by atoms with Gasteiger partial charge in [-0.3, -0.25) is 0 Å². The van der Waals surface area contributed by atoms with Crippen molar-refractivity contribution in [1.82, 2.24) is 14.9 Å². The number of methoxy groups -OCH3 is 1. The van der Waals surface area contributed by atoms with Crippen LogP contribution >= 0.6 is 0 Å². The van der Waals surface area contributed by atoms with Crippen LogP contribution in [0.15, 0.2) is 6.07 Å². The summed E-state index contributed by atoms with van der Waals surface area (Å²) in [5.41, 5.74) is 0.962. The van der Waals surface area contributed by atoms with Gasteiger partial charge in [0.15, 0.2) is 0 Å². The van der Waals surface area contributed by atoms with E-state index >= 15 is 0 Å². The summed E-state index contributed by atoms with van der Waals surface area (Å²) in [4.78, 5) is 11.0. The lowest BCUT2D eigenvalue weighted by molar-refractivity contribution is 0.198. The Morgan fingerprint density at radius 2 is 1.90 bits per heavy atom. The minimum atomic E-state index is 0.693. The second-order valence-electron chi connectivity index (χ2n) is 5.07. The number of aromatic nitrogens is 2. The highest BCUT2D eigenvalue weighted by Gasteiger charge is 2.01. The normalized spacial score (nSPS) is 10.8. The van der Waals surface area contributed by atoms with Crippen LogP contribution in [0.4, 0.5) is 11.8 Å². The summed E-state index contributed by atoms with van der Waals surface area (Å²) in [5.74, 6) is 1.56. The van der Waals surface area contributed by atoms with Crippen LogP contribution in [0.1, 0.15) is 18.5 Å². The third-order valence-corrected chi connectivity index (χ3v) is 2.75. The fourth-order valence-electron chi connectivity index (χ4n) is 1.77. The van der Waals surface area contributed by atoms with Crippen LogP contribution < -0.4 is 10.6 Å².